The molecule has 0 radical (unpaired) electrons. The number of benzene rings is 1. The molecule has 86 valence electrons. The van der Waals surface area contributed by atoms with Crippen LogP contribution in [0.15, 0.2) is 36.4 Å². The van der Waals surface area contributed by atoms with E-state index in [-0.39, 0.29) is 5.92 Å². The molecular weight excluding hydrogens is 204 g/mol. The quantitative estimate of drug-likeness (QED) is 0.629. The maximum atomic E-state index is 10.1. The fraction of sp³-hybridized carbons (Fsp3) is 0.231. The molecule has 0 aliphatic rings. The summed E-state index contributed by atoms with van der Waals surface area (Å²) in [6.45, 7) is 3.71. The summed E-state index contributed by atoms with van der Waals surface area (Å²) in [5, 5.41) is 8.29. The summed E-state index contributed by atoms with van der Waals surface area (Å²) in [5.41, 5.74) is 0.898. The number of aldehydes is 1. The predicted octanol–water partition coefficient (Wildman–Crippen LogP) is 2.63. The zero-order valence-electron chi connectivity index (χ0n) is 9.46. The van der Waals surface area contributed by atoms with Crippen molar-refractivity contribution in [2.24, 2.45) is 5.92 Å². The van der Waals surface area contributed by atoms with E-state index in [9.17, 15) is 9.59 Å². The van der Waals surface area contributed by atoms with Gasteiger partial charge in [0.05, 0.1) is 0 Å². The van der Waals surface area contributed by atoms with Gasteiger partial charge in [0.25, 0.3) is 0 Å². The van der Waals surface area contributed by atoms with Crippen molar-refractivity contribution < 1.29 is 14.7 Å². The van der Waals surface area contributed by atoms with Crippen LogP contribution in [0, 0.1) is 5.92 Å². The van der Waals surface area contributed by atoms with E-state index >= 15 is 0 Å². The molecule has 1 aromatic rings. The smallest absolute Gasteiger partial charge is 0.328 e. The molecule has 16 heavy (non-hydrogen) atoms. The Bertz CT molecular complexity index is 339. The molecule has 0 saturated carbocycles. The van der Waals surface area contributed by atoms with Crippen LogP contribution in [0.3, 0.4) is 0 Å². The standard InChI is InChI=1S/C9H8O2.C4H8O/c10-9(11)7-6-8-4-2-1-3-5-8;1-4(2)3-5/h1-7H,(H,10,11);3-4H,1-2H3. The van der Waals surface area contributed by atoms with Crippen LogP contribution >= 0.6 is 0 Å². The second-order valence-electron chi connectivity index (χ2n) is 3.46. The Morgan fingerprint density at radius 3 is 2.12 bits per heavy atom. The normalized spacial score (nSPS) is 9.69. The average Bonchev–Trinajstić information content (AvgIpc) is 2.28. The molecule has 0 saturated heterocycles. The molecule has 0 bridgehead atoms. The van der Waals surface area contributed by atoms with Crippen molar-refractivity contribution in [3.8, 4) is 0 Å². The summed E-state index contributed by atoms with van der Waals surface area (Å²) >= 11 is 0. The van der Waals surface area contributed by atoms with Gasteiger partial charge in [-0.1, -0.05) is 44.2 Å². The van der Waals surface area contributed by atoms with E-state index in [1.165, 1.54) is 0 Å². The van der Waals surface area contributed by atoms with Crippen LogP contribution in [-0.2, 0) is 9.59 Å². The largest absolute Gasteiger partial charge is 0.478 e. The maximum absolute atomic E-state index is 10.1. The summed E-state index contributed by atoms with van der Waals surface area (Å²) in [6, 6.07) is 9.31. The monoisotopic (exact) mass is 220 g/mol. The Labute approximate surface area is 95.4 Å². The third-order valence-corrected chi connectivity index (χ3v) is 1.49. The number of carbonyl (C=O) groups is 2. The van der Waals surface area contributed by atoms with Gasteiger partial charge in [-0.05, 0) is 11.6 Å². The van der Waals surface area contributed by atoms with Gasteiger partial charge in [0.1, 0.15) is 6.29 Å². The van der Waals surface area contributed by atoms with Crippen molar-refractivity contribution >= 4 is 18.3 Å². The van der Waals surface area contributed by atoms with Crippen LogP contribution in [0.25, 0.3) is 6.08 Å². The predicted molar refractivity (Wildman–Crippen MR) is 64.0 cm³/mol. The molecule has 0 fully saturated rings. The van der Waals surface area contributed by atoms with Crippen molar-refractivity contribution in [2.45, 2.75) is 13.8 Å². The second-order valence-corrected chi connectivity index (χ2v) is 3.46. The molecule has 0 spiro atoms. The number of hydrogen-bond acceptors (Lipinski definition) is 2. The Hall–Kier alpha value is -1.90. The van der Waals surface area contributed by atoms with Crippen molar-refractivity contribution in [1.82, 2.24) is 0 Å². The lowest BCUT2D eigenvalue weighted by Crippen LogP contribution is -1.85. The summed E-state index contributed by atoms with van der Waals surface area (Å²) in [7, 11) is 0. The lowest BCUT2D eigenvalue weighted by Gasteiger charge is -1.87. The molecule has 0 heterocycles. The average molecular weight is 220 g/mol. The van der Waals surface area contributed by atoms with E-state index in [1.807, 2.05) is 44.2 Å². The molecule has 1 aromatic carbocycles. The first-order valence-electron chi connectivity index (χ1n) is 4.97. The zero-order valence-corrected chi connectivity index (χ0v) is 9.46. The van der Waals surface area contributed by atoms with Gasteiger partial charge in [-0.15, -0.1) is 0 Å². The summed E-state index contributed by atoms with van der Waals surface area (Å²) in [5.74, 6) is -0.719. The van der Waals surface area contributed by atoms with Crippen molar-refractivity contribution in [3.63, 3.8) is 0 Å². The van der Waals surface area contributed by atoms with E-state index in [1.54, 1.807) is 6.08 Å². The first kappa shape index (κ1) is 14.1. The van der Waals surface area contributed by atoms with Crippen LogP contribution in [0.4, 0.5) is 0 Å². The highest BCUT2D eigenvalue weighted by Crippen LogP contribution is 1.99. The minimum absolute atomic E-state index is 0.204. The van der Waals surface area contributed by atoms with Crippen molar-refractivity contribution in [1.29, 1.82) is 0 Å². The molecular formula is C13H16O3. The van der Waals surface area contributed by atoms with Gasteiger partial charge >= 0.3 is 5.97 Å². The molecule has 1 N–H and O–H groups in total. The van der Waals surface area contributed by atoms with Gasteiger partial charge in [-0.25, -0.2) is 4.79 Å². The third kappa shape index (κ3) is 8.69. The fourth-order valence-electron chi connectivity index (χ4n) is 0.732. The van der Waals surface area contributed by atoms with Gasteiger partial charge in [0.15, 0.2) is 0 Å². The van der Waals surface area contributed by atoms with E-state index < -0.39 is 5.97 Å². The Morgan fingerprint density at radius 1 is 1.25 bits per heavy atom. The van der Waals surface area contributed by atoms with E-state index in [2.05, 4.69) is 0 Å². The molecule has 1 rings (SSSR count). The van der Waals surface area contributed by atoms with Gasteiger partial charge in [-0.2, -0.15) is 0 Å². The number of carboxylic acids is 1. The van der Waals surface area contributed by atoms with Gasteiger partial charge in [0, 0.05) is 12.0 Å². The third-order valence-electron chi connectivity index (χ3n) is 1.49. The highest BCUT2D eigenvalue weighted by atomic mass is 16.4. The highest BCUT2D eigenvalue weighted by Gasteiger charge is 1.85. The Morgan fingerprint density at radius 2 is 1.75 bits per heavy atom. The zero-order chi connectivity index (χ0) is 12.4. The SMILES string of the molecule is CC(C)C=O.O=C(O)C=Cc1ccccc1. The minimum atomic E-state index is -0.922. The number of carbonyl (C=O) groups excluding carboxylic acids is 1. The number of hydrogen-bond donors (Lipinski definition) is 1. The van der Waals surface area contributed by atoms with Gasteiger partial charge in [-0.3, -0.25) is 0 Å². The lowest BCUT2D eigenvalue weighted by atomic mass is 10.2. The molecule has 0 unspecified atom stereocenters. The summed E-state index contributed by atoms with van der Waals surface area (Å²) < 4.78 is 0. The molecule has 0 aliphatic heterocycles. The second kappa shape index (κ2) is 8.41. The number of carboxylic acid groups (broad SMARTS) is 1. The first-order valence-corrected chi connectivity index (χ1v) is 4.97. The van der Waals surface area contributed by atoms with E-state index in [4.69, 9.17) is 5.11 Å². The Balaban J connectivity index is 0.000000385. The summed E-state index contributed by atoms with van der Waals surface area (Å²) in [4.78, 5) is 19.6. The topological polar surface area (TPSA) is 54.4 Å². The van der Waals surface area contributed by atoms with E-state index in [0.717, 1.165) is 17.9 Å². The lowest BCUT2D eigenvalue weighted by molar-refractivity contribution is -0.131. The van der Waals surface area contributed by atoms with E-state index in [0.29, 0.717) is 0 Å². The van der Waals surface area contributed by atoms with Crippen LogP contribution < -0.4 is 0 Å². The fourth-order valence-corrected chi connectivity index (χ4v) is 0.732. The van der Waals surface area contributed by atoms with Gasteiger partial charge in [0.2, 0.25) is 0 Å². The van der Waals surface area contributed by atoms with Crippen molar-refractivity contribution in [2.75, 3.05) is 0 Å². The number of aliphatic carboxylic acids is 1. The van der Waals surface area contributed by atoms with Crippen LogP contribution in [0.1, 0.15) is 19.4 Å². The molecule has 0 aromatic heterocycles. The molecule has 0 atom stereocenters. The number of rotatable bonds is 3. The molecule has 0 amide bonds. The van der Waals surface area contributed by atoms with Crippen LogP contribution in [-0.4, -0.2) is 17.4 Å². The Kier molecular flexibility index (Phi) is 7.41. The van der Waals surface area contributed by atoms with Crippen LogP contribution in [0.2, 0.25) is 0 Å². The first-order chi connectivity index (χ1) is 7.56. The maximum Gasteiger partial charge on any atom is 0.328 e. The highest BCUT2D eigenvalue weighted by molar-refractivity contribution is 5.85. The van der Waals surface area contributed by atoms with Crippen molar-refractivity contribution in [3.05, 3.63) is 42.0 Å². The molecule has 3 nitrogen and oxygen atoms in total. The summed E-state index contributed by atoms with van der Waals surface area (Å²) in [6.07, 6.45) is 3.59. The molecule has 0 aliphatic carbocycles. The molecule has 3 heteroatoms. The van der Waals surface area contributed by atoms with Gasteiger partial charge < -0.3 is 9.90 Å². The minimum Gasteiger partial charge on any atom is -0.478 e. The van der Waals surface area contributed by atoms with Crippen LogP contribution in [0.5, 0.6) is 0 Å².